The molecule has 2 unspecified atom stereocenters. The third kappa shape index (κ3) is 3.87. The summed E-state index contributed by atoms with van der Waals surface area (Å²) >= 11 is 1.73. The number of hydrogen-bond donors (Lipinski definition) is 2. The maximum absolute atomic E-state index is 12.2. The maximum Gasteiger partial charge on any atom is 0.327 e. The highest BCUT2D eigenvalue weighted by Gasteiger charge is 2.51. The van der Waals surface area contributed by atoms with E-state index in [0.29, 0.717) is 23.5 Å². The van der Waals surface area contributed by atoms with Gasteiger partial charge >= 0.3 is 5.97 Å². The Morgan fingerprint density at radius 2 is 2.28 bits per heavy atom. The molecule has 1 saturated carbocycles. The van der Waals surface area contributed by atoms with Gasteiger partial charge in [-0.05, 0) is 39.2 Å². The monoisotopic (exact) mass is 275 g/mol. The Balaban J connectivity index is 2.62. The lowest BCUT2D eigenvalue weighted by molar-refractivity contribution is -0.150. The van der Waals surface area contributed by atoms with E-state index in [1.807, 2.05) is 14.0 Å². The quantitative estimate of drug-likeness (QED) is 0.623. The normalized spacial score (nSPS) is 20.2. The highest BCUT2D eigenvalue weighted by atomic mass is 32.2. The van der Waals surface area contributed by atoms with Crippen LogP contribution in [0.3, 0.4) is 0 Å². The summed E-state index contributed by atoms with van der Waals surface area (Å²) in [4.78, 5) is 12.2. The Morgan fingerprint density at radius 3 is 2.72 bits per heavy atom. The molecule has 0 aromatic heterocycles. The van der Waals surface area contributed by atoms with Gasteiger partial charge < -0.3 is 15.2 Å². The lowest BCUT2D eigenvalue weighted by Crippen LogP contribution is -2.55. The molecule has 0 bridgehead atoms. The van der Waals surface area contributed by atoms with Gasteiger partial charge in [0, 0.05) is 17.6 Å². The van der Waals surface area contributed by atoms with E-state index in [1.165, 1.54) is 0 Å². The summed E-state index contributed by atoms with van der Waals surface area (Å²) in [6, 6.07) is 0. The molecule has 2 N–H and O–H groups in total. The smallest absolute Gasteiger partial charge is 0.327 e. The first kappa shape index (κ1) is 15.8. The van der Waals surface area contributed by atoms with Crippen molar-refractivity contribution in [3.8, 4) is 0 Å². The Labute approximate surface area is 114 Å². The fourth-order valence-corrected chi connectivity index (χ4v) is 3.41. The van der Waals surface area contributed by atoms with Crippen molar-refractivity contribution in [2.24, 2.45) is 5.92 Å². The molecule has 2 atom stereocenters. The Hall–Kier alpha value is -0.260. The summed E-state index contributed by atoms with van der Waals surface area (Å²) in [7, 11) is 1.84. The molecule has 0 spiro atoms. The van der Waals surface area contributed by atoms with E-state index in [0.717, 1.165) is 19.3 Å². The van der Waals surface area contributed by atoms with Crippen molar-refractivity contribution in [2.75, 3.05) is 26.0 Å². The number of nitrogens with one attached hydrogen (secondary N) is 1. The summed E-state index contributed by atoms with van der Waals surface area (Å²) in [5, 5.41) is 12.5. The van der Waals surface area contributed by atoms with Gasteiger partial charge in [-0.3, -0.25) is 4.79 Å². The molecule has 0 aromatic carbocycles. The van der Waals surface area contributed by atoms with Crippen LogP contribution in [0.25, 0.3) is 0 Å². The van der Waals surface area contributed by atoms with Crippen molar-refractivity contribution >= 4 is 17.7 Å². The van der Waals surface area contributed by atoms with Crippen molar-refractivity contribution in [1.29, 1.82) is 0 Å². The van der Waals surface area contributed by atoms with E-state index in [1.54, 1.807) is 11.8 Å². The van der Waals surface area contributed by atoms with Crippen LogP contribution < -0.4 is 5.32 Å². The van der Waals surface area contributed by atoms with Crippen LogP contribution in [0.4, 0.5) is 0 Å². The van der Waals surface area contributed by atoms with Gasteiger partial charge in [-0.25, -0.2) is 0 Å². The zero-order chi connectivity index (χ0) is 13.6. The number of esters is 1. The standard InChI is InChI=1S/C13H25NO3S/c1-4-17-12(16)13(14-3,11-5-6-11)9-18-10(2)7-8-15/h10-11,14-15H,4-9H2,1-3H3. The second kappa shape index (κ2) is 7.36. The van der Waals surface area contributed by atoms with Crippen LogP contribution in [-0.2, 0) is 9.53 Å². The number of aliphatic hydroxyl groups is 1. The summed E-state index contributed by atoms with van der Waals surface area (Å²) in [6.07, 6.45) is 2.95. The third-order valence-corrected chi connectivity index (χ3v) is 4.92. The number of rotatable bonds is 9. The summed E-state index contributed by atoms with van der Waals surface area (Å²) in [5.74, 6) is 0.989. The number of likely N-dealkylation sites (N-methyl/N-ethyl adjacent to an activating group) is 1. The van der Waals surface area contributed by atoms with Gasteiger partial charge in [-0.15, -0.1) is 0 Å². The predicted molar refractivity (Wildman–Crippen MR) is 74.8 cm³/mol. The fraction of sp³-hybridized carbons (Fsp3) is 0.923. The largest absolute Gasteiger partial charge is 0.465 e. The molecule has 18 heavy (non-hydrogen) atoms. The molecule has 1 aliphatic rings. The van der Waals surface area contributed by atoms with Crippen molar-refractivity contribution in [1.82, 2.24) is 5.32 Å². The highest BCUT2D eigenvalue weighted by Crippen LogP contribution is 2.42. The van der Waals surface area contributed by atoms with Crippen LogP contribution in [0.5, 0.6) is 0 Å². The van der Waals surface area contributed by atoms with Gasteiger partial charge in [0.15, 0.2) is 0 Å². The Bertz CT molecular complexity index is 271. The molecule has 5 heteroatoms. The van der Waals surface area contributed by atoms with Gasteiger partial charge in [0.05, 0.1) is 6.61 Å². The molecule has 1 aliphatic carbocycles. The molecular formula is C13H25NO3S. The first-order valence-electron chi connectivity index (χ1n) is 6.69. The summed E-state index contributed by atoms with van der Waals surface area (Å²) < 4.78 is 5.23. The van der Waals surface area contributed by atoms with E-state index in [-0.39, 0.29) is 12.6 Å². The topological polar surface area (TPSA) is 58.6 Å². The second-order valence-corrected chi connectivity index (χ2v) is 6.28. The molecule has 0 saturated heterocycles. The first-order chi connectivity index (χ1) is 8.60. The molecule has 4 nitrogen and oxygen atoms in total. The number of carbonyl (C=O) groups is 1. The van der Waals surface area contributed by atoms with E-state index in [4.69, 9.17) is 9.84 Å². The summed E-state index contributed by atoms with van der Waals surface area (Å²) in [6.45, 7) is 4.54. The zero-order valence-corrected chi connectivity index (χ0v) is 12.4. The lowest BCUT2D eigenvalue weighted by atomic mass is 9.96. The van der Waals surface area contributed by atoms with Gasteiger partial charge in [0.1, 0.15) is 5.54 Å². The average molecular weight is 275 g/mol. The molecule has 106 valence electrons. The molecule has 0 radical (unpaired) electrons. The van der Waals surface area contributed by atoms with E-state index >= 15 is 0 Å². The van der Waals surface area contributed by atoms with Crippen LogP contribution in [0.1, 0.15) is 33.1 Å². The van der Waals surface area contributed by atoms with Gasteiger partial charge in [0.25, 0.3) is 0 Å². The van der Waals surface area contributed by atoms with Crippen LogP contribution >= 0.6 is 11.8 Å². The average Bonchev–Trinajstić information content (AvgIpc) is 3.16. The molecular weight excluding hydrogens is 250 g/mol. The SMILES string of the molecule is CCOC(=O)C(CSC(C)CCO)(NC)C1CC1. The van der Waals surface area contributed by atoms with Crippen LogP contribution in [0, 0.1) is 5.92 Å². The minimum absolute atomic E-state index is 0.126. The van der Waals surface area contributed by atoms with E-state index in [2.05, 4.69) is 12.2 Å². The van der Waals surface area contributed by atoms with Crippen molar-refractivity contribution in [3.05, 3.63) is 0 Å². The van der Waals surface area contributed by atoms with Crippen molar-refractivity contribution < 1.29 is 14.6 Å². The minimum atomic E-state index is -0.537. The number of carbonyl (C=O) groups excluding carboxylic acids is 1. The fourth-order valence-electron chi connectivity index (χ4n) is 2.10. The van der Waals surface area contributed by atoms with Crippen LogP contribution in [-0.4, -0.2) is 47.9 Å². The minimum Gasteiger partial charge on any atom is -0.465 e. The molecule has 0 aliphatic heterocycles. The number of aliphatic hydroxyl groups excluding tert-OH is 1. The molecule has 1 rings (SSSR count). The molecule has 0 amide bonds. The predicted octanol–water partition coefficient (Wildman–Crippen LogP) is 1.42. The maximum atomic E-state index is 12.2. The summed E-state index contributed by atoms with van der Waals surface area (Å²) in [5.41, 5.74) is -0.537. The van der Waals surface area contributed by atoms with Crippen molar-refractivity contribution in [2.45, 2.75) is 43.9 Å². The Kier molecular flexibility index (Phi) is 6.46. The number of hydrogen-bond acceptors (Lipinski definition) is 5. The van der Waals surface area contributed by atoms with Crippen LogP contribution in [0.15, 0.2) is 0 Å². The molecule has 0 aromatic rings. The zero-order valence-electron chi connectivity index (χ0n) is 11.6. The second-order valence-electron chi connectivity index (χ2n) is 4.85. The molecule has 0 heterocycles. The van der Waals surface area contributed by atoms with E-state index < -0.39 is 5.54 Å². The lowest BCUT2D eigenvalue weighted by Gasteiger charge is -2.31. The van der Waals surface area contributed by atoms with Gasteiger partial charge in [0.2, 0.25) is 0 Å². The number of ether oxygens (including phenoxy) is 1. The van der Waals surface area contributed by atoms with E-state index in [9.17, 15) is 4.79 Å². The van der Waals surface area contributed by atoms with Gasteiger partial charge in [-0.1, -0.05) is 6.92 Å². The number of thioether (sulfide) groups is 1. The Morgan fingerprint density at radius 1 is 1.61 bits per heavy atom. The van der Waals surface area contributed by atoms with Gasteiger partial charge in [-0.2, -0.15) is 11.8 Å². The molecule has 1 fully saturated rings. The highest BCUT2D eigenvalue weighted by molar-refractivity contribution is 8.00. The van der Waals surface area contributed by atoms with Crippen molar-refractivity contribution in [3.63, 3.8) is 0 Å². The van der Waals surface area contributed by atoms with Crippen LogP contribution in [0.2, 0.25) is 0 Å². The third-order valence-electron chi connectivity index (χ3n) is 3.49. The first-order valence-corrected chi connectivity index (χ1v) is 7.74.